The molecule has 7 nitrogen and oxygen atoms in total. The highest BCUT2D eigenvalue weighted by atomic mass is 32.2. The maximum Gasteiger partial charge on any atom is 0.235 e. The van der Waals surface area contributed by atoms with E-state index in [4.69, 9.17) is 0 Å². The minimum absolute atomic E-state index is 0.122. The molecular formula is C26H36N6OS. The van der Waals surface area contributed by atoms with E-state index >= 15 is 0 Å². The zero-order valence-corrected chi connectivity index (χ0v) is 21.3. The van der Waals surface area contributed by atoms with Crippen molar-refractivity contribution in [3.05, 3.63) is 35.3 Å². The predicted octanol–water partition coefficient (Wildman–Crippen LogP) is 6.04. The van der Waals surface area contributed by atoms with Crippen LogP contribution in [0.25, 0.3) is 0 Å². The van der Waals surface area contributed by atoms with Crippen molar-refractivity contribution in [3.8, 4) is 6.07 Å². The number of anilines is 1. The molecule has 1 amide bonds. The second-order valence-corrected chi connectivity index (χ2v) is 10.6. The van der Waals surface area contributed by atoms with Crippen LogP contribution in [0.2, 0.25) is 0 Å². The van der Waals surface area contributed by atoms with Crippen molar-refractivity contribution in [1.29, 1.82) is 5.26 Å². The molecule has 2 aliphatic carbocycles. The highest BCUT2D eigenvalue weighted by Crippen LogP contribution is 2.37. The number of carbonyl (C=O) groups excluding carboxylic acids is 1. The largest absolute Gasteiger partial charge is 0.327 e. The van der Waals surface area contributed by atoms with Gasteiger partial charge in [-0.25, -0.2) is 0 Å². The van der Waals surface area contributed by atoms with Gasteiger partial charge in [0.2, 0.25) is 5.91 Å². The minimum Gasteiger partial charge on any atom is -0.327 e. The van der Waals surface area contributed by atoms with Gasteiger partial charge in [0, 0.05) is 24.2 Å². The Labute approximate surface area is 207 Å². The topological polar surface area (TPSA) is 88.5 Å². The lowest BCUT2D eigenvalue weighted by molar-refractivity contribution is -0.113. The summed E-state index contributed by atoms with van der Waals surface area (Å²) in [5.41, 5.74) is 2.61. The standard InChI is InChI=1S/C26H36N6OS/c1-4-15-31-24(20-11-7-5-8-12-20)29-30-26(31)34-17-23(33)28-25-22(16-27)18(2)19(3)32(25)21-13-9-6-10-14-21/h4,20-21H,1,5-15,17H2,2-3H3,(H,28,33). The Morgan fingerprint density at radius 1 is 1.15 bits per heavy atom. The Kier molecular flexibility index (Phi) is 8.15. The van der Waals surface area contributed by atoms with Gasteiger partial charge in [0.05, 0.1) is 11.3 Å². The molecule has 2 saturated carbocycles. The summed E-state index contributed by atoms with van der Waals surface area (Å²) in [5, 5.41) is 22.6. The lowest BCUT2D eigenvalue weighted by Gasteiger charge is -2.27. The highest BCUT2D eigenvalue weighted by molar-refractivity contribution is 7.99. The van der Waals surface area contributed by atoms with Crippen LogP contribution in [0.3, 0.4) is 0 Å². The average molecular weight is 481 g/mol. The van der Waals surface area contributed by atoms with Crippen LogP contribution < -0.4 is 5.32 Å². The molecule has 34 heavy (non-hydrogen) atoms. The third-order valence-corrected chi connectivity index (χ3v) is 8.39. The summed E-state index contributed by atoms with van der Waals surface area (Å²) in [6.07, 6.45) is 13.7. The van der Waals surface area contributed by atoms with Crippen LogP contribution in [0.15, 0.2) is 17.8 Å². The van der Waals surface area contributed by atoms with Gasteiger partial charge in [-0.15, -0.1) is 16.8 Å². The molecule has 0 saturated heterocycles. The summed E-state index contributed by atoms with van der Waals surface area (Å²) < 4.78 is 4.32. The Morgan fingerprint density at radius 3 is 2.47 bits per heavy atom. The fraction of sp³-hybridized carbons (Fsp3) is 0.615. The summed E-state index contributed by atoms with van der Waals surface area (Å²) in [6.45, 7) is 8.57. The van der Waals surface area contributed by atoms with E-state index in [0.29, 0.717) is 29.9 Å². The van der Waals surface area contributed by atoms with Crippen molar-refractivity contribution in [2.45, 2.75) is 102 Å². The van der Waals surface area contributed by atoms with Crippen LogP contribution in [-0.4, -0.2) is 31.0 Å². The van der Waals surface area contributed by atoms with Crippen molar-refractivity contribution < 1.29 is 4.79 Å². The van der Waals surface area contributed by atoms with E-state index in [1.54, 1.807) is 0 Å². The first-order chi connectivity index (χ1) is 16.5. The quantitative estimate of drug-likeness (QED) is 0.368. The van der Waals surface area contributed by atoms with Crippen molar-refractivity contribution in [1.82, 2.24) is 19.3 Å². The number of amides is 1. The van der Waals surface area contributed by atoms with E-state index in [2.05, 4.69) is 44.2 Å². The number of thioether (sulfide) groups is 1. The van der Waals surface area contributed by atoms with Crippen molar-refractivity contribution in [3.63, 3.8) is 0 Å². The second-order valence-electron chi connectivity index (χ2n) is 9.62. The molecule has 2 aliphatic rings. The summed E-state index contributed by atoms with van der Waals surface area (Å²) in [4.78, 5) is 13.1. The van der Waals surface area contributed by atoms with Crippen molar-refractivity contribution in [2.24, 2.45) is 0 Å². The number of aromatic nitrogens is 4. The number of nitrogens with one attached hydrogen (secondary N) is 1. The molecule has 2 aromatic heterocycles. The molecule has 8 heteroatoms. The normalized spacial score (nSPS) is 17.4. The van der Waals surface area contributed by atoms with Gasteiger partial charge in [-0.2, -0.15) is 5.26 Å². The molecular weight excluding hydrogens is 444 g/mol. The monoisotopic (exact) mass is 480 g/mol. The van der Waals surface area contributed by atoms with Gasteiger partial charge >= 0.3 is 0 Å². The zero-order chi connectivity index (χ0) is 24.1. The molecule has 2 heterocycles. The Bertz CT molecular complexity index is 1070. The molecule has 0 spiro atoms. The highest BCUT2D eigenvalue weighted by Gasteiger charge is 2.27. The number of allylic oxidation sites excluding steroid dienone is 1. The smallest absolute Gasteiger partial charge is 0.235 e. The molecule has 0 bridgehead atoms. The molecule has 0 unspecified atom stereocenters. The van der Waals surface area contributed by atoms with E-state index in [0.717, 1.165) is 47.9 Å². The van der Waals surface area contributed by atoms with E-state index < -0.39 is 0 Å². The van der Waals surface area contributed by atoms with E-state index in [1.165, 1.54) is 50.3 Å². The molecule has 0 radical (unpaired) electrons. The average Bonchev–Trinajstić information content (AvgIpc) is 3.36. The SMILES string of the molecule is C=CCn1c(SCC(=O)Nc2c(C#N)c(C)c(C)n2C2CCCCC2)nnc1C1CCCCC1. The number of hydrogen-bond donors (Lipinski definition) is 1. The van der Waals surface area contributed by atoms with Crippen LogP contribution in [0.5, 0.6) is 0 Å². The number of hydrogen-bond acceptors (Lipinski definition) is 5. The maximum atomic E-state index is 13.1. The van der Waals surface area contributed by atoms with Crippen LogP contribution in [0.4, 0.5) is 5.82 Å². The van der Waals surface area contributed by atoms with Crippen LogP contribution in [0.1, 0.15) is 98.8 Å². The fourth-order valence-electron chi connectivity index (χ4n) is 5.55. The van der Waals surface area contributed by atoms with Gasteiger partial charge < -0.3 is 14.5 Å². The Hall–Kier alpha value is -2.53. The molecule has 1 N–H and O–H groups in total. The van der Waals surface area contributed by atoms with Crippen LogP contribution in [0, 0.1) is 25.2 Å². The van der Waals surface area contributed by atoms with Gasteiger partial charge in [0.1, 0.15) is 17.7 Å². The third kappa shape index (κ3) is 5.10. The van der Waals surface area contributed by atoms with E-state index in [-0.39, 0.29) is 11.7 Å². The van der Waals surface area contributed by atoms with Crippen LogP contribution >= 0.6 is 11.8 Å². The van der Waals surface area contributed by atoms with Gasteiger partial charge in [-0.05, 0) is 45.1 Å². The van der Waals surface area contributed by atoms with Crippen LogP contribution in [-0.2, 0) is 11.3 Å². The van der Waals surface area contributed by atoms with Gasteiger partial charge in [0.15, 0.2) is 5.16 Å². The maximum absolute atomic E-state index is 13.1. The first-order valence-electron chi connectivity index (χ1n) is 12.6. The summed E-state index contributed by atoms with van der Waals surface area (Å²) in [7, 11) is 0. The minimum atomic E-state index is -0.122. The zero-order valence-electron chi connectivity index (χ0n) is 20.5. The molecule has 0 atom stereocenters. The molecule has 2 aromatic rings. The number of nitriles is 1. The fourth-order valence-corrected chi connectivity index (χ4v) is 6.31. The number of rotatable bonds is 8. The van der Waals surface area contributed by atoms with E-state index in [1.807, 2.05) is 13.0 Å². The predicted molar refractivity (Wildman–Crippen MR) is 136 cm³/mol. The Balaban J connectivity index is 1.50. The number of carbonyl (C=O) groups is 1. The molecule has 2 fully saturated rings. The number of nitrogens with zero attached hydrogens (tertiary/aromatic N) is 5. The van der Waals surface area contributed by atoms with E-state index in [9.17, 15) is 10.1 Å². The van der Waals surface area contributed by atoms with Crippen molar-refractivity contribution in [2.75, 3.05) is 11.1 Å². The van der Waals surface area contributed by atoms with Gasteiger partial charge in [-0.1, -0.05) is 56.4 Å². The first-order valence-corrected chi connectivity index (χ1v) is 13.6. The summed E-state index contributed by atoms with van der Waals surface area (Å²) >= 11 is 1.40. The molecule has 0 aromatic carbocycles. The lowest BCUT2D eigenvalue weighted by Crippen LogP contribution is -2.22. The molecule has 4 rings (SSSR count). The van der Waals surface area contributed by atoms with Gasteiger partial charge in [0.25, 0.3) is 0 Å². The lowest BCUT2D eigenvalue weighted by atomic mass is 9.89. The van der Waals surface area contributed by atoms with Gasteiger partial charge in [-0.3, -0.25) is 4.79 Å². The summed E-state index contributed by atoms with van der Waals surface area (Å²) in [5.74, 6) is 2.21. The first kappa shape index (κ1) is 24.6. The second kappa shape index (κ2) is 11.3. The Morgan fingerprint density at radius 2 is 1.82 bits per heavy atom. The van der Waals surface area contributed by atoms with Crippen molar-refractivity contribution >= 4 is 23.5 Å². The third-order valence-electron chi connectivity index (χ3n) is 7.43. The molecule has 0 aliphatic heterocycles. The molecule has 182 valence electrons. The summed E-state index contributed by atoms with van der Waals surface area (Å²) in [6, 6.07) is 2.67.